The maximum Gasteiger partial charge on any atom is 0.275 e. The third-order valence-electron chi connectivity index (χ3n) is 5.07. The Balaban J connectivity index is 1.63. The molecule has 0 aromatic carbocycles. The van der Waals surface area contributed by atoms with E-state index in [0.717, 1.165) is 10.6 Å². The van der Waals surface area contributed by atoms with Crippen molar-refractivity contribution in [3.63, 3.8) is 0 Å². The third-order valence-corrected chi connectivity index (χ3v) is 5.96. The molecule has 32 heavy (non-hydrogen) atoms. The van der Waals surface area contributed by atoms with Gasteiger partial charge in [0, 0.05) is 24.8 Å². The first kappa shape index (κ1) is 24.2. The molecule has 2 aromatic rings. The molecule has 1 radical (unpaired) electrons. The van der Waals surface area contributed by atoms with Crippen molar-refractivity contribution in [3.8, 4) is 16.5 Å². The van der Waals surface area contributed by atoms with Gasteiger partial charge in [-0.2, -0.15) is 0 Å². The summed E-state index contributed by atoms with van der Waals surface area (Å²) in [6, 6.07) is 5.80. The first-order valence-electron chi connectivity index (χ1n) is 10.8. The summed E-state index contributed by atoms with van der Waals surface area (Å²) >= 11 is 1.61. The van der Waals surface area contributed by atoms with Crippen molar-refractivity contribution in [1.82, 2.24) is 14.9 Å². The summed E-state index contributed by atoms with van der Waals surface area (Å²) in [7, 11) is 1.42. The van der Waals surface area contributed by atoms with Crippen LogP contribution in [0, 0.1) is 5.41 Å². The molecular formula is C23H31BN3O4S. The van der Waals surface area contributed by atoms with E-state index < -0.39 is 22.7 Å². The summed E-state index contributed by atoms with van der Waals surface area (Å²) in [6.45, 7) is 12.3. The highest BCUT2D eigenvalue weighted by atomic mass is 32.1. The molecule has 1 fully saturated rings. The summed E-state index contributed by atoms with van der Waals surface area (Å²) in [4.78, 5) is 37.0. The van der Waals surface area contributed by atoms with Gasteiger partial charge in [-0.1, -0.05) is 26.8 Å². The lowest BCUT2D eigenvalue weighted by atomic mass is 9.54. The highest BCUT2D eigenvalue weighted by Crippen LogP contribution is 2.34. The van der Waals surface area contributed by atoms with Crippen LogP contribution in [0.25, 0.3) is 10.6 Å². The fraction of sp³-hybridized carbons (Fsp3) is 0.565. The van der Waals surface area contributed by atoms with E-state index in [0.29, 0.717) is 25.4 Å². The number of aromatic nitrogens is 2. The zero-order valence-electron chi connectivity index (χ0n) is 19.6. The SMILES string of the molecule is CC(C)(C)OC(=O)[B][C@H](C(=O)N1CC[C@@H](Oc2cc(-c3cccs3)ncn2)C1)C(C)(C)C. The van der Waals surface area contributed by atoms with Crippen LogP contribution in [0.15, 0.2) is 29.9 Å². The van der Waals surface area contributed by atoms with Crippen LogP contribution in [0.1, 0.15) is 48.0 Å². The van der Waals surface area contributed by atoms with Crippen LogP contribution in [0.2, 0.25) is 5.82 Å². The molecular weight excluding hydrogens is 425 g/mol. The minimum Gasteiger partial charge on any atom is -0.472 e. The molecule has 7 nitrogen and oxygen atoms in total. The van der Waals surface area contributed by atoms with Gasteiger partial charge in [0.25, 0.3) is 7.28 Å². The Labute approximate surface area is 194 Å². The molecule has 1 saturated heterocycles. The minimum absolute atomic E-state index is 0.0866. The molecule has 0 aliphatic carbocycles. The summed E-state index contributed by atoms with van der Waals surface area (Å²) < 4.78 is 11.5. The van der Waals surface area contributed by atoms with Crippen LogP contribution >= 0.6 is 11.3 Å². The Morgan fingerprint density at radius 1 is 1.22 bits per heavy atom. The Kier molecular flexibility index (Phi) is 7.27. The van der Waals surface area contributed by atoms with E-state index in [-0.39, 0.29) is 12.0 Å². The van der Waals surface area contributed by atoms with Gasteiger partial charge in [-0.05, 0) is 37.6 Å². The Hall–Kier alpha value is -2.42. The average molecular weight is 456 g/mol. The van der Waals surface area contributed by atoms with Crippen molar-refractivity contribution in [3.05, 3.63) is 29.9 Å². The zero-order valence-corrected chi connectivity index (χ0v) is 20.4. The van der Waals surface area contributed by atoms with Crippen LogP contribution in [-0.2, 0) is 9.53 Å². The zero-order chi connectivity index (χ0) is 23.5. The number of amides is 1. The van der Waals surface area contributed by atoms with E-state index in [1.165, 1.54) is 13.6 Å². The predicted molar refractivity (Wildman–Crippen MR) is 126 cm³/mol. The lowest BCUT2D eigenvalue weighted by Crippen LogP contribution is -2.42. The van der Waals surface area contributed by atoms with E-state index in [4.69, 9.17) is 9.47 Å². The van der Waals surface area contributed by atoms with Crippen molar-refractivity contribution in [1.29, 1.82) is 0 Å². The van der Waals surface area contributed by atoms with Crippen molar-refractivity contribution >= 4 is 30.4 Å². The lowest BCUT2D eigenvalue weighted by Gasteiger charge is -2.32. The molecule has 1 amide bonds. The van der Waals surface area contributed by atoms with Crippen LogP contribution in [0.4, 0.5) is 4.79 Å². The molecule has 0 N–H and O–H groups in total. The first-order chi connectivity index (χ1) is 14.9. The smallest absolute Gasteiger partial charge is 0.275 e. The van der Waals surface area contributed by atoms with Crippen LogP contribution in [0.3, 0.4) is 0 Å². The minimum atomic E-state index is -0.606. The molecule has 3 rings (SSSR count). The number of likely N-dealkylation sites (tertiary alicyclic amines) is 1. The molecule has 2 aromatic heterocycles. The number of hydrogen-bond acceptors (Lipinski definition) is 7. The second-order valence-electron chi connectivity index (χ2n) is 10.1. The monoisotopic (exact) mass is 456 g/mol. The van der Waals surface area contributed by atoms with Crippen LogP contribution in [-0.4, -0.2) is 58.7 Å². The van der Waals surface area contributed by atoms with E-state index in [1.54, 1.807) is 16.2 Å². The molecule has 9 heteroatoms. The standard InChI is InChI=1S/C23H31BN3O4S/c1-22(2,3)19(24-21(29)31-23(4,5)6)20(28)27-10-9-15(13-27)30-18-12-16(25-14-26-18)17-8-7-11-32-17/h7-8,11-12,14-15,19H,9-10,13H2,1-6H3/t15-,19-/m1/s1. The highest BCUT2D eigenvalue weighted by Gasteiger charge is 2.40. The van der Waals surface area contributed by atoms with Crippen LogP contribution < -0.4 is 4.74 Å². The summed E-state index contributed by atoms with van der Waals surface area (Å²) in [5.74, 6) is -0.646. The number of hydrogen-bond donors (Lipinski definition) is 0. The molecule has 2 atom stereocenters. The number of rotatable bonds is 6. The second-order valence-corrected chi connectivity index (χ2v) is 11.0. The van der Waals surface area contributed by atoms with Gasteiger partial charge in [-0.15, -0.1) is 11.3 Å². The summed E-state index contributed by atoms with van der Waals surface area (Å²) in [5, 5.41) is 2.00. The van der Waals surface area contributed by atoms with E-state index in [1.807, 2.05) is 65.1 Å². The van der Waals surface area contributed by atoms with Crippen molar-refractivity contribution < 1.29 is 19.1 Å². The highest BCUT2D eigenvalue weighted by molar-refractivity contribution is 7.13. The van der Waals surface area contributed by atoms with Gasteiger partial charge in [0.2, 0.25) is 17.7 Å². The largest absolute Gasteiger partial charge is 0.472 e. The van der Waals surface area contributed by atoms with Gasteiger partial charge in [0.05, 0.1) is 17.1 Å². The topological polar surface area (TPSA) is 81.6 Å². The first-order valence-corrected chi connectivity index (χ1v) is 11.7. The number of carbonyl (C=O) groups is 2. The Morgan fingerprint density at radius 2 is 1.97 bits per heavy atom. The fourth-order valence-corrected chi connectivity index (χ4v) is 4.21. The van der Waals surface area contributed by atoms with Crippen molar-refractivity contribution in [2.24, 2.45) is 5.41 Å². The molecule has 1 aliphatic rings. The number of nitrogens with zero attached hydrogens (tertiary/aromatic N) is 3. The molecule has 0 saturated carbocycles. The van der Waals surface area contributed by atoms with E-state index in [2.05, 4.69) is 9.97 Å². The van der Waals surface area contributed by atoms with Crippen molar-refractivity contribution in [2.45, 2.75) is 65.5 Å². The molecule has 0 bridgehead atoms. The molecule has 3 heterocycles. The van der Waals surface area contributed by atoms with Gasteiger partial charge in [-0.25, -0.2) is 9.97 Å². The fourth-order valence-electron chi connectivity index (χ4n) is 3.52. The molecule has 0 spiro atoms. The molecule has 171 valence electrons. The number of thiophene rings is 1. The normalized spacial score (nSPS) is 17.7. The van der Waals surface area contributed by atoms with Gasteiger partial charge < -0.3 is 14.4 Å². The summed E-state index contributed by atoms with van der Waals surface area (Å²) in [5.41, 5.74) is -0.212. The predicted octanol–water partition coefficient (Wildman–Crippen LogP) is 4.66. The Bertz CT molecular complexity index is 937. The number of ether oxygens (including phenoxy) is 2. The Morgan fingerprint density at radius 3 is 2.59 bits per heavy atom. The quantitative estimate of drug-likeness (QED) is 0.589. The van der Waals surface area contributed by atoms with E-state index in [9.17, 15) is 9.59 Å². The molecule has 1 aliphatic heterocycles. The van der Waals surface area contributed by atoms with Gasteiger partial charge in [0.15, 0.2) is 0 Å². The maximum absolute atomic E-state index is 13.3. The third kappa shape index (κ3) is 6.54. The summed E-state index contributed by atoms with van der Waals surface area (Å²) in [6.07, 6.45) is 2.04. The van der Waals surface area contributed by atoms with Gasteiger partial charge in [0.1, 0.15) is 18.0 Å². The average Bonchev–Trinajstić information content (AvgIpc) is 3.36. The van der Waals surface area contributed by atoms with Gasteiger partial charge in [-0.3, -0.25) is 9.59 Å². The van der Waals surface area contributed by atoms with Gasteiger partial charge >= 0.3 is 0 Å². The van der Waals surface area contributed by atoms with Crippen LogP contribution in [0.5, 0.6) is 5.88 Å². The lowest BCUT2D eigenvalue weighted by molar-refractivity contribution is -0.132. The van der Waals surface area contributed by atoms with E-state index >= 15 is 0 Å². The maximum atomic E-state index is 13.3. The van der Waals surface area contributed by atoms with Crippen molar-refractivity contribution in [2.75, 3.05) is 13.1 Å². The second kappa shape index (κ2) is 9.61. The molecule has 0 unspecified atom stereocenters. The number of carbonyl (C=O) groups excluding carboxylic acids is 2.